The second-order valence-electron chi connectivity index (χ2n) is 10.2. The van der Waals surface area contributed by atoms with Gasteiger partial charge < -0.3 is 20.3 Å². The lowest BCUT2D eigenvalue weighted by Gasteiger charge is -2.35. The normalized spacial score (nSPS) is 14.0. The Kier molecular flexibility index (Phi) is 11.3. The molecule has 1 aromatic carbocycles. The molecule has 190 valence electrons. The van der Waals surface area contributed by atoms with Crippen LogP contribution < -0.4 is 10.6 Å². The van der Waals surface area contributed by atoms with Crippen LogP contribution in [0.3, 0.4) is 0 Å². The predicted molar refractivity (Wildman–Crippen MR) is 136 cm³/mol. The minimum Gasteiger partial charge on any atom is -0.444 e. The van der Waals surface area contributed by atoms with Gasteiger partial charge >= 0.3 is 6.09 Å². The monoisotopic (exact) mass is 473 g/mol. The van der Waals surface area contributed by atoms with Gasteiger partial charge in [0.2, 0.25) is 11.8 Å². The Bertz CT molecular complexity index is 827. The van der Waals surface area contributed by atoms with Crippen molar-refractivity contribution in [1.29, 1.82) is 0 Å². The van der Waals surface area contributed by atoms with Gasteiger partial charge in [-0.2, -0.15) is 0 Å². The highest BCUT2D eigenvalue weighted by molar-refractivity contribution is 5.92. The van der Waals surface area contributed by atoms with Crippen LogP contribution in [-0.4, -0.2) is 47.0 Å². The van der Waals surface area contributed by atoms with Gasteiger partial charge in [0.15, 0.2) is 0 Å². The molecule has 2 N–H and O–H groups in total. The third-order valence-electron chi connectivity index (χ3n) is 5.28. The third kappa shape index (κ3) is 9.20. The van der Waals surface area contributed by atoms with Crippen LogP contribution >= 0.6 is 0 Å². The molecule has 1 rings (SSSR count). The van der Waals surface area contributed by atoms with Crippen LogP contribution in [0, 0.1) is 12.8 Å². The van der Waals surface area contributed by atoms with Crippen LogP contribution in [0.5, 0.6) is 0 Å². The quantitative estimate of drug-likeness (QED) is 0.447. The number of rotatable bonds is 11. The molecule has 0 radical (unpaired) electrons. The van der Waals surface area contributed by atoms with Gasteiger partial charge in [-0.25, -0.2) is 4.79 Å². The Hall–Kier alpha value is -2.83. The van der Waals surface area contributed by atoms with E-state index in [0.717, 1.165) is 18.4 Å². The standard InChI is InChI=1S/C27H43N3O4/c1-10-12-20(6)28-24(31)23(21-15-13-19(5)14-16-21)30(17-11-2)25(32)22(18(3)4)29-26(33)34-27(7,8)9/h11,13-16,18,20,22-23H,2,10,12,17H2,1,3-9H3,(H,28,31)(H,29,33). The highest BCUT2D eigenvalue weighted by Crippen LogP contribution is 2.25. The second kappa shape index (κ2) is 13.2. The summed E-state index contributed by atoms with van der Waals surface area (Å²) in [5, 5.41) is 5.76. The zero-order chi connectivity index (χ0) is 26.1. The molecule has 0 aliphatic heterocycles. The van der Waals surface area contributed by atoms with Gasteiger partial charge in [-0.1, -0.05) is 63.1 Å². The van der Waals surface area contributed by atoms with Gasteiger partial charge in [0, 0.05) is 12.6 Å². The molecule has 0 heterocycles. The van der Waals surface area contributed by atoms with Gasteiger partial charge in [0.1, 0.15) is 17.7 Å². The zero-order valence-corrected chi connectivity index (χ0v) is 22.1. The third-order valence-corrected chi connectivity index (χ3v) is 5.28. The Balaban J connectivity index is 3.39. The maximum absolute atomic E-state index is 13.8. The zero-order valence-electron chi connectivity index (χ0n) is 22.1. The number of aryl methyl sites for hydroxylation is 1. The topological polar surface area (TPSA) is 87.7 Å². The van der Waals surface area contributed by atoms with Crippen molar-refractivity contribution in [2.45, 2.75) is 92.0 Å². The molecule has 1 aromatic rings. The number of nitrogens with one attached hydrogen (secondary N) is 2. The first-order valence-corrected chi connectivity index (χ1v) is 12.1. The molecule has 0 fully saturated rings. The SMILES string of the molecule is C=CCN(C(=O)C(NC(=O)OC(C)(C)C)C(C)C)C(C(=O)NC(C)CCC)c1ccc(C)cc1. The van der Waals surface area contributed by atoms with E-state index in [9.17, 15) is 14.4 Å². The van der Waals surface area contributed by atoms with E-state index in [4.69, 9.17) is 4.74 Å². The van der Waals surface area contributed by atoms with Gasteiger partial charge in [0.05, 0.1) is 0 Å². The average molecular weight is 474 g/mol. The van der Waals surface area contributed by atoms with E-state index in [1.807, 2.05) is 52.0 Å². The second-order valence-corrected chi connectivity index (χ2v) is 10.2. The van der Waals surface area contributed by atoms with Crippen molar-refractivity contribution in [2.75, 3.05) is 6.54 Å². The van der Waals surface area contributed by atoms with E-state index in [-0.39, 0.29) is 30.3 Å². The summed E-state index contributed by atoms with van der Waals surface area (Å²) in [6, 6.07) is 5.78. The highest BCUT2D eigenvalue weighted by atomic mass is 16.6. The fourth-order valence-electron chi connectivity index (χ4n) is 3.64. The highest BCUT2D eigenvalue weighted by Gasteiger charge is 2.37. The predicted octanol–water partition coefficient (Wildman–Crippen LogP) is 4.90. The van der Waals surface area contributed by atoms with Gasteiger partial charge in [-0.15, -0.1) is 6.58 Å². The summed E-state index contributed by atoms with van der Waals surface area (Å²) >= 11 is 0. The summed E-state index contributed by atoms with van der Waals surface area (Å²) < 4.78 is 5.37. The van der Waals surface area contributed by atoms with Gasteiger partial charge in [-0.05, 0) is 52.5 Å². The fraction of sp³-hybridized carbons (Fsp3) is 0.593. The van der Waals surface area contributed by atoms with Crippen molar-refractivity contribution in [1.82, 2.24) is 15.5 Å². The lowest BCUT2D eigenvalue weighted by Crippen LogP contribution is -2.55. The van der Waals surface area contributed by atoms with E-state index >= 15 is 0 Å². The molecule has 34 heavy (non-hydrogen) atoms. The van der Waals surface area contributed by atoms with Crippen LogP contribution in [0.15, 0.2) is 36.9 Å². The molecule has 0 saturated carbocycles. The van der Waals surface area contributed by atoms with E-state index in [1.54, 1.807) is 26.8 Å². The average Bonchev–Trinajstić information content (AvgIpc) is 2.71. The molecule has 3 unspecified atom stereocenters. The van der Waals surface area contributed by atoms with Crippen LogP contribution in [0.2, 0.25) is 0 Å². The molecule has 3 amide bonds. The number of hydrogen-bond acceptors (Lipinski definition) is 4. The summed E-state index contributed by atoms with van der Waals surface area (Å²) in [6.45, 7) is 18.9. The van der Waals surface area contributed by atoms with Crippen LogP contribution in [0.4, 0.5) is 4.79 Å². The van der Waals surface area contributed by atoms with Crippen LogP contribution in [0.1, 0.15) is 78.5 Å². The number of carbonyl (C=O) groups is 3. The minimum atomic E-state index is -0.872. The number of alkyl carbamates (subject to hydrolysis) is 1. The molecule has 0 saturated heterocycles. The Morgan fingerprint density at radius 2 is 1.68 bits per heavy atom. The number of benzene rings is 1. The summed E-state index contributed by atoms with van der Waals surface area (Å²) in [4.78, 5) is 41.3. The first-order chi connectivity index (χ1) is 15.8. The van der Waals surface area contributed by atoms with Gasteiger partial charge in [-0.3, -0.25) is 9.59 Å². The fourth-order valence-corrected chi connectivity index (χ4v) is 3.64. The molecule has 0 bridgehead atoms. The number of nitrogens with zero attached hydrogens (tertiary/aromatic N) is 1. The van der Waals surface area contributed by atoms with E-state index < -0.39 is 23.8 Å². The molecular weight excluding hydrogens is 430 g/mol. The van der Waals surface area contributed by atoms with Crippen molar-refractivity contribution >= 4 is 17.9 Å². The van der Waals surface area contributed by atoms with E-state index in [1.165, 1.54) is 4.90 Å². The number of carbonyl (C=O) groups excluding carboxylic acids is 3. The Morgan fingerprint density at radius 3 is 2.15 bits per heavy atom. The van der Waals surface area contributed by atoms with Crippen molar-refractivity contribution < 1.29 is 19.1 Å². The van der Waals surface area contributed by atoms with Crippen LogP contribution in [0.25, 0.3) is 0 Å². The molecule has 0 aliphatic carbocycles. The minimum absolute atomic E-state index is 0.0353. The first kappa shape index (κ1) is 29.2. The maximum Gasteiger partial charge on any atom is 0.408 e. The number of ether oxygens (including phenoxy) is 1. The summed E-state index contributed by atoms with van der Waals surface area (Å²) in [6.07, 6.45) is 2.68. The summed E-state index contributed by atoms with van der Waals surface area (Å²) in [5.41, 5.74) is 1.05. The van der Waals surface area contributed by atoms with E-state index in [0.29, 0.717) is 5.56 Å². The van der Waals surface area contributed by atoms with Crippen molar-refractivity contribution in [3.05, 3.63) is 48.0 Å². The molecule has 3 atom stereocenters. The summed E-state index contributed by atoms with van der Waals surface area (Å²) in [5.74, 6) is -0.863. The molecule has 0 aliphatic rings. The molecular formula is C27H43N3O4. The molecule has 0 spiro atoms. The Morgan fingerprint density at radius 1 is 1.09 bits per heavy atom. The molecule has 0 aromatic heterocycles. The van der Waals surface area contributed by atoms with E-state index in [2.05, 4.69) is 24.1 Å². The molecule has 7 heteroatoms. The smallest absolute Gasteiger partial charge is 0.408 e. The van der Waals surface area contributed by atoms with Crippen molar-refractivity contribution in [3.63, 3.8) is 0 Å². The van der Waals surface area contributed by atoms with Gasteiger partial charge in [0.25, 0.3) is 0 Å². The van der Waals surface area contributed by atoms with Crippen LogP contribution in [-0.2, 0) is 14.3 Å². The number of hydrogen-bond donors (Lipinski definition) is 2. The lowest BCUT2D eigenvalue weighted by atomic mass is 9.98. The largest absolute Gasteiger partial charge is 0.444 e. The first-order valence-electron chi connectivity index (χ1n) is 12.1. The van der Waals surface area contributed by atoms with Crippen molar-refractivity contribution in [2.24, 2.45) is 5.92 Å². The van der Waals surface area contributed by atoms with Crippen molar-refractivity contribution in [3.8, 4) is 0 Å². The lowest BCUT2D eigenvalue weighted by molar-refractivity contribution is -0.142. The number of amides is 3. The Labute approximate surface area is 205 Å². The maximum atomic E-state index is 13.8. The molecule has 7 nitrogen and oxygen atoms in total. The summed E-state index contributed by atoms with van der Waals surface area (Å²) in [7, 11) is 0.